The van der Waals surface area contributed by atoms with Crippen LogP contribution in [0.15, 0.2) is 66.9 Å². The number of likely N-dealkylation sites (tertiary alicyclic amines) is 1. The molecule has 0 radical (unpaired) electrons. The molecule has 4 fully saturated rings. The molecule has 6 atom stereocenters. The van der Waals surface area contributed by atoms with Gasteiger partial charge in [-0.15, -0.1) is 0 Å². The lowest BCUT2D eigenvalue weighted by atomic mass is 9.63. The highest BCUT2D eigenvalue weighted by Gasteiger charge is 2.63. The van der Waals surface area contributed by atoms with Crippen molar-refractivity contribution in [3.05, 3.63) is 117 Å². The second-order valence-corrected chi connectivity index (χ2v) is 21.9. The molecule has 11 rings (SSSR count). The van der Waals surface area contributed by atoms with Crippen LogP contribution in [0, 0.1) is 34.4 Å². The predicted octanol–water partition coefficient (Wildman–Crippen LogP) is 7.60. The summed E-state index contributed by atoms with van der Waals surface area (Å²) in [7, 11) is 0. The molecule has 2 spiro atoms. The molecule has 0 unspecified atom stereocenters. The fourth-order valence-electron chi connectivity index (χ4n) is 12.4. The first kappa shape index (κ1) is 47.8. The van der Waals surface area contributed by atoms with Crippen molar-refractivity contribution in [1.82, 2.24) is 25.4 Å². The predicted molar refractivity (Wildman–Crippen MR) is 258 cm³/mol. The molecule has 3 aromatic carbocycles. The maximum atomic E-state index is 16.5. The molecule has 1 aromatic heterocycles. The lowest BCUT2D eigenvalue weighted by Gasteiger charge is -2.39. The van der Waals surface area contributed by atoms with E-state index in [0.717, 1.165) is 36.5 Å². The van der Waals surface area contributed by atoms with Crippen LogP contribution in [0.1, 0.15) is 114 Å². The Hall–Kier alpha value is -6.51. The van der Waals surface area contributed by atoms with Gasteiger partial charge in [-0.1, -0.05) is 62.4 Å². The van der Waals surface area contributed by atoms with Gasteiger partial charge >= 0.3 is 6.18 Å². The summed E-state index contributed by atoms with van der Waals surface area (Å²) in [5.41, 5.74) is 1.11. The van der Waals surface area contributed by atoms with Crippen LogP contribution in [0.25, 0.3) is 0 Å². The maximum Gasteiger partial charge on any atom is 0.433 e. The Morgan fingerprint density at radius 2 is 1.78 bits per heavy atom. The van der Waals surface area contributed by atoms with E-state index in [2.05, 4.69) is 32.8 Å². The molecule has 7 aliphatic rings. The van der Waals surface area contributed by atoms with E-state index >= 15 is 9.18 Å². The van der Waals surface area contributed by atoms with Crippen molar-refractivity contribution in [1.29, 1.82) is 0 Å². The van der Waals surface area contributed by atoms with Gasteiger partial charge in [0.1, 0.15) is 29.9 Å². The average molecular weight is 1010 g/mol. The van der Waals surface area contributed by atoms with Crippen molar-refractivity contribution in [2.24, 2.45) is 16.7 Å². The zero-order chi connectivity index (χ0) is 50.6. The van der Waals surface area contributed by atoms with Crippen LogP contribution in [0.3, 0.4) is 0 Å². The van der Waals surface area contributed by atoms with E-state index in [-0.39, 0.29) is 89.8 Å². The molecule has 72 heavy (non-hydrogen) atoms. The number of rotatable bonds is 5. The summed E-state index contributed by atoms with van der Waals surface area (Å²) in [6.07, 6.45) is -0.143. The molecule has 5 amide bonds. The van der Waals surface area contributed by atoms with E-state index in [1.807, 2.05) is 31.7 Å². The number of carbonyl (C=O) groups excluding carboxylic acids is 5. The van der Waals surface area contributed by atoms with Gasteiger partial charge in [0.05, 0.1) is 23.3 Å². The number of alkyl halides is 3. The summed E-state index contributed by atoms with van der Waals surface area (Å²) in [5, 5.41) is 8.96. The zero-order valence-electron chi connectivity index (χ0n) is 39.9. The second kappa shape index (κ2) is 17.3. The summed E-state index contributed by atoms with van der Waals surface area (Å²) in [6, 6.07) is 13.7. The summed E-state index contributed by atoms with van der Waals surface area (Å²) in [6.45, 7) is 7.74. The number of halogens is 5. The summed E-state index contributed by atoms with van der Waals surface area (Å²) < 4.78 is 64.5. The molecule has 13 nitrogen and oxygen atoms in total. The molecule has 3 N–H and O–H groups in total. The van der Waals surface area contributed by atoms with Gasteiger partial charge in [-0.05, 0) is 96.5 Å². The van der Waals surface area contributed by atoms with E-state index in [1.54, 1.807) is 47.4 Å². The molecule has 1 saturated carbocycles. The monoisotopic (exact) mass is 1010 g/mol. The summed E-state index contributed by atoms with van der Waals surface area (Å²) >= 11 is 6.42. The lowest BCUT2D eigenvalue weighted by Crippen LogP contribution is -2.52. The van der Waals surface area contributed by atoms with Crippen molar-refractivity contribution in [3.8, 4) is 17.6 Å². The molecule has 3 saturated heterocycles. The Morgan fingerprint density at radius 1 is 1.00 bits per heavy atom. The Morgan fingerprint density at radius 3 is 2.53 bits per heavy atom. The number of carbonyl (C=O) groups is 5. The number of nitrogens with zero attached hydrogens (tertiary/aromatic N) is 4. The quantitative estimate of drug-likeness (QED) is 0.104. The number of benzene rings is 3. The van der Waals surface area contributed by atoms with Gasteiger partial charge in [-0.2, -0.15) is 13.2 Å². The fraction of sp³-hybridized carbons (Fsp3) is 0.444. The average Bonchev–Trinajstić information content (AvgIpc) is 3.55. The SMILES string of the molecule is CC(C)(C)C[C@@H]1N[C@@H](C(=O)N2CCOc3cc(C(=O)N4CCC5(CC4)C[C@H]5C#Cc4cccc5c4CN([C@H]4CCC(=O)NC4=O)C5=O)ccc32)[C@H](c2cccc(Cl)c2F)[C@]12CNc1cc(C(F)(F)F)ncc12. The van der Waals surface area contributed by atoms with E-state index < -0.39 is 59.0 Å². The highest BCUT2D eigenvalue weighted by atomic mass is 35.5. The Bertz CT molecular complexity index is 3050. The number of aromatic nitrogens is 1. The van der Waals surface area contributed by atoms with Crippen LogP contribution in [0.4, 0.5) is 28.9 Å². The highest BCUT2D eigenvalue weighted by Crippen LogP contribution is 2.60. The maximum absolute atomic E-state index is 16.5. The molecule has 374 valence electrons. The van der Waals surface area contributed by atoms with Crippen LogP contribution in [-0.2, 0) is 32.5 Å². The second-order valence-electron chi connectivity index (χ2n) is 21.5. The largest absolute Gasteiger partial charge is 0.490 e. The van der Waals surface area contributed by atoms with Gasteiger partial charge in [-0.25, -0.2) is 4.39 Å². The van der Waals surface area contributed by atoms with Crippen molar-refractivity contribution >= 4 is 52.5 Å². The first-order valence-electron chi connectivity index (χ1n) is 24.4. The number of pyridine rings is 1. The van der Waals surface area contributed by atoms with Gasteiger partial charge in [0.2, 0.25) is 17.7 Å². The number of fused-ring (bicyclic) bond motifs is 4. The minimum absolute atomic E-state index is 0.0279. The Kier molecular flexibility index (Phi) is 11.5. The minimum Gasteiger partial charge on any atom is -0.490 e. The Labute approximate surface area is 418 Å². The topological polar surface area (TPSA) is 153 Å². The number of amides is 5. The molecule has 4 aromatic rings. The fourth-order valence-corrected chi connectivity index (χ4v) is 12.6. The molecular formula is C54H52ClF4N7O6. The number of ether oxygens (including phenoxy) is 1. The number of piperidine rings is 2. The Balaban J connectivity index is 0.806. The number of imide groups is 1. The van der Waals surface area contributed by atoms with Crippen LogP contribution in [-0.4, -0.2) is 95.2 Å². The first-order valence-corrected chi connectivity index (χ1v) is 24.8. The smallest absolute Gasteiger partial charge is 0.433 e. The van der Waals surface area contributed by atoms with Crippen molar-refractivity contribution in [3.63, 3.8) is 0 Å². The van der Waals surface area contributed by atoms with E-state index in [1.165, 1.54) is 17.2 Å². The third kappa shape index (κ3) is 8.05. The zero-order valence-corrected chi connectivity index (χ0v) is 40.6. The number of nitrogens with one attached hydrogen (secondary N) is 3. The molecule has 1 aliphatic carbocycles. The van der Waals surface area contributed by atoms with Crippen LogP contribution >= 0.6 is 11.6 Å². The van der Waals surface area contributed by atoms with Gasteiger partial charge < -0.3 is 30.1 Å². The third-order valence-electron chi connectivity index (χ3n) is 16.1. The molecule has 7 heterocycles. The molecule has 18 heteroatoms. The van der Waals surface area contributed by atoms with E-state index in [4.69, 9.17) is 16.3 Å². The molecule has 0 bridgehead atoms. The van der Waals surface area contributed by atoms with Gasteiger partial charge in [-0.3, -0.25) is 34.3 Å². The van der Waals surface area contributed by atoms with E-state index in [9.17, 15) is 32.3 Å². The van der Waals surface area contributed by atoms with Crippen LogP contribution < -0.4 is 25.6 Å². The summed E-state index contributed by atoms with van der Waals surface area (Å²) in [5.74, 6) is 3.97. The van der Waals surface area contributed by atoms with Crippen LogP contribution in [0.5, 0.6) is 5.75 Å². The number of anilines is 2. The van der Waals surface area contributed by atoms with Gasteiger partial charge in [0.15, 0.2) is 0 Å². The normalized spacial score (nSPS) is 26.1. The third-order valence-corrected chi connectivity index (χ3v) is 16.4. The number of hydrogen-bond donors (Lipinski definition) is 3. The number of hydrogen-bond acceptors (Lipinski definition) is 9. The standard InChI is InChI=1S/C54H52ClF4N7O6/c1-51(2,3)25-42-53(28-61-37-23-41(54(57,58)59)60-26-35(37)53)44(33-8-5-9-36(55)45(33)56)46(62-42)50(71)65-20-21-72-40-22-30(11-13-38(40)65)48(69)64-18-16-52(17-19-64)24-31(52)12-10-29-6-4-7-32-34(29)27-66(49(32)70)39-14-15-43(67)63-47(39)68/h4-9,11,13,22-23,26,31,39,42,44,46,61-62H,14-21,24-25,27-28H2,1-3H3,(H,63,67,68)/t31-,39+,42+,44+,46-,53+/m1/s1. The molecule has 6 aliphatic heterocycles. The van der Waals surface area contributed by atoms with Gasteiger partial charge in [0, 0.05) is 90.0 Å². The highest BCUT2D eigenvalue weighted by molar-refractivity contribution is 6.30. The van der Waals surface area contributed by atoms with Crippen LogP contribution in [0.2, 0.25) is 5.02 Å². The summed E-state index contributed by atoms with van der Waals surface area (Å²) in [4.78, 5) is 75.9. The first-order chi connectivity index (χ1) is 34.3. The van der Waals surface area contributed by atoms with Gasteiger partial charge in [0.25, 0.3) is 11.8 Å². The van der Waals surface area contributed by atoms with Crippen molar-refractivity contribution in [2.45, 2.75) is 101 Å². The minimum atomic E-state index is -4.70. The van der Waals surface area contributed by atoms with E-state index in [0.29, 0.717) is 47.6 Å². The lowest BCUT2D eigenvalue weighted by molar-refractivity contribution is -0.141. The molecular weight excluding hydrogens is 954 g/mol. The van der Waals surface area contributed by atoms with Crippen molar-refractivity contribution < 1.29 is 46.3 Å². The van der Waals surface area contributed by atoms with Crippen molar-refractivity contribution in [2.75, 3.05) is 43.0 Å².